The number of anilines is 1. The zero-order valence-corrected chi connectivity index (χ0v) is 18.7. The molecule has 1 aliphatic rings. The van der Waals surface area contributed by atoms with Crippen LogP contribution < -0.4 is 10.2 Å². The summed E-state index contributed by atoms with van der Waals surface area (Å²) in [5, 5.41) is 3.20. The first-order valence-corrected chi connectivity index (χ1v) is 12.1. The number of hydrogen-bond acceptors (Lipinski definition) is 6. The number of amides is 1. The zero-order chi connectivity index (χ0) is 20.9. The molecule has 1 aromatic rings. The van der Waals surface area contributed by atoms with Crippen LogP contribution in [-0.4, -0.2) is 62.3 Å². The molecule has 156 valence electrons. The molecule has 0 fully saturated rings. The fourth-order valence-electron chi connectivity index (χ4n) is 2.70. The molecule has 1 heterocycles. The van der Waals surface area contributed by atoms with Crippen LogP contribution >= 0.6 is 21.6 Å². The highest BCUT2D eigenvalue weighted by atomic mass is 33.1. The highest BCUT2D eigenvalue weighted by molar-refractivity contribution is 8.77. The number of rotatable bonds is 12. The van der Waals surface area contributed by atoms with E-state index in [9.17, 15) is 9.59 Å². The first kappa shape index (κ1) is 23.2. The van der Waals surface area contributed by atoms with Crippen LogP contribution in [0.4, 0.5) is 5.69 Å². The summed E-state index contributed by atoms with van der Waals surface area (Å²) in [5.74, 6) is 0.931. The highest BCUT2D eigenvalue weighted by Gasteiger charge is 2.09. The van der Waals surface area contributed by atoms with E-state index in [4.69, 9.17) is 0 Å². The van der Waals surface area contributed by atoms with Crippen LogP contribution in [0.5, 0.6) is 0 Å². The second kappa shape index (κ2) is 13.2. The lowest BCUT2D eigenvalue weighted by Crippen LogP contribution is -2.31. The average Bonchev–Trinajstić information content (AvgIpc) is 2.76. The lowest BCUT2D eigenvalue weighted by molar-refractivity contribution is -0.127. The van der Waals surface area contributed by atoms with Crippen molar-refractivity contribution in [2.45, 2.75) is 6.42 Å². The number of nitrogens with zero attached hydrogens (tertiary/aromatic N) is 2. The summed E-state index contributed by atoms with van der Waals surface area (Å²) in [4.78, 5) is 26.3. The summed E-state index contributed by atoms with van der Waals surface area (Å²) in [7, 11) is 6.75. The standard InChI is InChI=1S/C22H29N3O2S2/c1-24(13-4-14-25(2)22(27)18-29-28-16-15-26)21-10-8-19(9-11-21)6-7-20-5-3-12-23-17-20/h3,5-11,15,17,23H,4,12-14,16,18H2,1-2H3/b7-6+. The van der Waals surface area contributed by atoms with Crippen LogP contribution in [0, 0.1) is 0 Å². The second-order valence-corrected chi connectivity index (χ2v) is 9.19. The van der Waals surface area contributed by atoms with Crippen LogP contribution in [0.2, 0.25) is 0 Å². The largest absolute Gasteiger partial charge is 0.387 e. The van der Waals surface area contributed by atoms with Gasteiger partial charge in [0.1, 0.15) is 6.29 Å². The molecule has 0 aliphatic carbocycles. The van der Waals surface area contributed by atoms with Crippen LogP contribution in [0.25, 0.3) is 6.08 Å². The van der Waals surface area contributed by atoms with Gasteiger partial charge < -0.3 is 19.9 Å². The van der Waals surface area contributed by atoms with Gasteiger partial charge in [0.25, 0.3) is 0 Å². The Labute approximate surface area is 181 Å². The molecule has 0 aromatic heterocycles. The van der Waals surface area contributed by atoms with Crippen molar-refractivity contribution in [3.8, 4) is 0 Å². The number of benzene rings is 1. The number of nitrogens with one attached hydrogen (secondary N) is 1. The van der Waals surface area contributed by atoms with Gasteiger partial charge in [-0.3, -0.25) is 4.79 Å². The number of aldehydes is 1. The molecule has 5 nitrogen and oxygen atoms in total. The van der Waals surface area contributed by atoms with Crippen molar-refractivity contribution in [2.24, 2.45) is 0 Å². The minimum atomic E-state index is 0.102. The molecule has 0 spiro atoms. The van der Waals surface area contributed by atoms with Crippen molar-refractivity contribution in [2.75, 3.05) is 50.1 Å². The van der Waals surface area contributed by atoms with Gasteiger partial charge >= 0.3 is 0 Å². The Kier molecular flexibility index (Phi) is 10.5. The van der Waals surface area contributed by atoms with Crippen LogP contribution in [-0.2, 0) is 9.59 Å². The van der Waals surface area contributed by atoms with E-state index in [1.165, 1.54) is 21.6 Å². The predicted octanol–water partition coefficient (Wildman–Crippen LogP) is 3.61. The maximum absolute atomic E-state index is 12.0. The summed E-state index contributed by atoms with van der Waals surface area (Å²) in [6.07, 6.45) is 12.2. The van der Waals surface area contributed by atoms with Gasteiger partial charge in [0.15, 0.2) is 0 Å². The number of dihydropyridines is 1. The first-order valence-electron chi connectivity index (χ1n) is 9.61. The second-order valence-electron chi connectivity index (χ2n) is 6.68. The fourth-order valence-corrected chi connectivity index (χ4v) is 4.27. The van der Waals surface area contributed by atoms with Crippen molar-refractivity contribution in [3.05, 3.63) is 59.8 Å². The number of carbonyl (C=O) groups excluding carboxylic acids is 2. The number of carbonyl (C=O) groups is 2. The van der Waals surface area contributed by atoms with E-state index < -0.39 is 0 Å². The van der Waals surface area contributed by atoms with E-state index in [1.807, 2.05) is 13.2 Å². The molecule has 0 unspecified atom stereocenters. The van der Waals surface area contributed by atoms with Crippen LogP contribution in [0.15, 0.2) is 54.3 Å². The Bertz CT molecular complexity index is 745. The van der Waals surface area contributed by atoms with E-state index in [0.717, 1.165) is 49.2 Å². The quantitative estimate of drug-likeness (QED) is 0.310. The number of allylic oxidation sites excluding steroid dienone is 3. The van der Waals surface area contributed by atoms with Gasteiger partial charge in [0.05, 0.1) is 11.5 Å². The Hall–Kier alpha value is -2.12. The highest BCUT2D eigenvalue weighted by Crippen LogP contribution is 2.20. The van der Waals surface area contributed by atoms with E-state index in [2.05, 4.69) is 65.8 Å². The third-order valence-corrected chi connectivity index (χ3v) is 6.50. The lowest BCUT2D eigenvalue weighted by Gasteiger charge is -2.22. The molecule has 0 radical (unpaired) electrons. The molecule has 0 saturated heterocycles. The first-order chi connectivity index (χ1) is 14.1. The maximum Gasteiger partial charge on any atom is 0.233 e. The van der Waals surface area contributed by atoms with E-state index in [-0.39, 0.29) is 5.91 Å². The third-order valence-electron chi connectivity index (χ3n) is 4.43. The van der Waals surface area contributed by atoms with Crippen molar-refractivity contribution < 1.29 is 9.59 Å². The summed E-state index contributed by atoms with van der Waals surface area (Å²) in [5.41, 5.74) is 3.49. The van der Waals surface area contributed by atoms with Gasteiger partial charge in [-0.25, -0.2) is 0 Å². The van der Waals surface area contributed by atoms with Crippen molar-refractivity contribution in [1.82, 2.24) is 10.2 Å². The number of hydrogen-bond donors (Lipinski definition) is 1. The Morgan fingerprint density at radius 3 is 2.62 bits per heavy atom. The molecule has 0 bridgehead atoms. The fraction of sp³-hybridized carbons (Fsp3) is 0.364. The Morgan fingerprint density at radius 2 is 1.93 bits per heavy atom. The molecule has 29 heavy (non-hydrogen) atoms. The predicted molar refractivity (Wildman–Crippen MR) is 127 cm³/mol. The third kappa shape index (κ3) is 8.83. The minimum Gasteiger partial charge on any atom is -0.387 e. The van der Waals surface area contributed by atoms with E-state index in [0.29, 0.717) is 11.5 Å². The smallest absolute Gasteiger partial charge is 0.233 e. The van der Waals surface area contributed by atoms with Gasteiger partial charge in [0.2, 0.25) is 5.91 Å². The SMILES string of the molecule is CN(CCCN(C)c1ccc(/C=C/C2=CNCC=C2)cc1)C(=O)CSSCC=O. The molecule has 7 heteroatoms. The normalized spacial score (nSPS) is 13.1. The van der Waals surface area contributed by atoms with E-state index >= 15 is 0 Å². The summed E-state index contributed by atoms with van der Waals surface area (Å²) >= 11 is 0. The molecule has 1 N–H and O–H groups in total. The van der Waals surface area contributed by atoms with Gasteiger partial charge in [0, 0.05) is 45.6 Å². The Morgan fingerprint density at radius 1 is 1.14 bits per heavy atom. The van der Waals surface area contributed by atoms with Gasteiger partial charge in [-0.2, -0.15) is 0 Å². The monoisotopic (exact) mass is 431 g/mol. The molecule has 1 aliphatic heterocycles. The molecule has 1 aromatic carbocycles. The topological polar surface area (TPSA) is 52.6 Å². The maximum atomic E-state index is 12.0. The lowest BCUT2D eigenvalue weighted by atomic mass is 10.1. The molecule has 2 rings (SSSR count). The van der Waals surface area contributed by atoms with Gasteiger partial charge in [-0.1, -0.05) is 58.0 Å². The minimum absolute atomic E-state index is 0.102. The summed E-state index contributed by atoms with van der Waals surface area (Å²) in [6.45, 7) is 2.49. The van der Waals surface area contributed by atoms with Crippen molar-refractivity contribution >= 4 is 45.5 Å². The Balaban J connectivity index is 1.72. The zero-order valence-electron chi connectivity index (χ0n) is 17.0. The molecular weight excluding hydrogens is 402 g/mol. The molecule has 0 saturated carbocycles. The van der Waals surface area contributed by atoms with Gasteiger partial charge in [-0.05, 0) is 29.7 Å². The summed E-state index contributed by atoms with van der Waals surface area (Å²) in [6, 6.07) is 8.48. The molecule has 1 amide bonds. The van der Waals surface area contributed by atoms with Crippen LogP contribution in [0.1, 0.15) is 12.0 Å². The van der Waals surface area contributed by atoms with Crippen LogP contribution in [0.3, 0.4) is 0 Å². The van der Waals surface area contributed by atoms with Crippen molar-refractivity contribution in [3.63, 3.8) is 0 Å². The molecular formula is C22H29N3O2S2. The van der Waals surface area contributed by atoms with Crippen molar-refractivity contribution in [1.29, 1.82) is 0 Å². The van der Waals surface area contributed by atoms with E-state index in [1.54, 1.807) is 4.90 Å². The van der Waals surface area contributed by atoms with Gasteiger partial charge in [-0.15, -0.1) is 0 Å². The average molecular weight is 432 g/mol. The molecule has 0 atom stereocenters. The summed E-state index contributed by atoms with van der Waals surface area (Å²) < 4.78 is 0.